The van der Waals surface area contributed by atoms with Gasteiger partial charge in [0, 0.05) is 28.4 Å². The van der Waals surface area contributed by atoms with Gasteiger partial charge in [0.2, 0.25) is 0 Å². The Morgan fingerprint density at radius 3 is 2.28 bits per heavy atom. The predicted octanol–water partition coefficient (Wildman–Crippen LogP) is 3.52. The van der Waals surface area contributed by atoms with Crippen LogP contribution in [0.4, 0.5) is 0 Å². The molecule has 0 bridgehead atoms. The predicted molar refractivity (Wildman–Crippen MR) is 76.6 cm³/mol. The van der Waals surface area contributed by atoms with E-state index in [-0.39, 0.29) is 5.54 Å². The minimum atomic E-state index is -0.345. The third-order valence-corrected chi connectivity index (χ3v) is 4.17. The Morgan fingerprint density at radius 2 is 1.83 bits per heavy atom. The first-order valence-corrected chi connectivity index (χ1v) is 6.91. The van der Waals surface area contributed by atoms with Gasteiger partial charge in [0.15, 0.2) is 0 Å². The largest absolute Gasteiger partial charge is 0.321 e. The fraction of sp³-hybridized carbons (Fsp3) is 0.429. The van der Waals surface area contributed by atoms with E-state index in [1.807, 2.05) is 26.0 Å². The average Bonchev–Trinajstić information content (AvgIpc) is 2.74. The molecule has 0 aliphatic heterocycles. The second-order valence-corrected chi connectivity index (χ2v) is 6.34. The molecule has 2 rings (SSSR count). The highest BCUT2D eigenvalue weighted by molar-refractivity contribution is 7.15. The van der Waals surface area contributed by atoms with Crippen LogP contribution in [0.15, 0.2) is 24.5 Å². The maximum Gasteiger partial charge on any atom is 0.124 e. The van der Waals surface area contributed by atoms with Gasteiger partial charge in [-0.2, -0.15) is 0 Å². The summed E-state index contributed by atoms with van der Waals surface area (Å²) in [4.78, 5) is 9.96. The number of pyridine rings is 1. The van der Waals surface area contributed by atoms with Crippen molar-refractivity contribution in [2.75, 3.05) is 0 Å². The zero-order valence-electron chi connectivity index (χ0n) is 11.3. The second-order valence-electron chi connectivity index (χ2n) is 5.35. The lowest BCUT2D eigenvalue weighted by Gasteiger charge is -2.19. The van der Waals surface area contributed by atoms with Gasteiger partial charge in [-0.25, -0.2) is 4.98 Å². The molecule has 0 saturated carbocycles. The normalized spacial score (nSPS) is 12.1. The van der Waals surface area contributed by atoms with Crippen LogP contribution < -0.4 is 5.73 Å². The molecule has 0 atom stereocenters. The SMILES string of the molecule is CC(C)c1nc(-c2ccncc2)sc1C(C)(C)N. The fourth-order valence-corrected chi connectivity index (χ4v) is 3.04. The smallest absolute Gasteiger partial charge is 0.124 e. The third-order valence-electron chi connectivity index (χ3n) is 2.71. The summed E-state index contributed by atoms with van der Waals surface area (Å²) in [5.74, 6) is 0.384. The molecule has 2 aromatic heterocycles. The summed E-state index contributed by atoms with van der Waals surface area (Å²) in [6.45, 7) is 8.37. The molecule has 2 heterocycles. The molecular formula is C14H19N3S. The fourth-order valence-electron chi connectivity index (χ4n) is 1.80. The van der Waals surface area contributed by atoms with Crippen molar-refractivity contribution in [2.24, 2.45) is 5.73 Å². The van der Waals surface area contributed by atoms with E-state index < -0.39 is 0 Å². The van der Waals surface area contributed by atoms with E-state index >= 15 is 0 Å². The molecule has 0 amide bonds. The zero-order chi connectivity index (χ0) is 13.3. The minimum absolute atomic E-state index is 0.345. The van der Waals surface area contributed by atoms with E-state index in [2.05, 4.69) is 18.8 Å². The molecule has 0 fully saturated rings. The molecule has 0 aromatic carbocycles. The number of hydrogen-bond acceptors (Lipinski definition) is 4. The van der Waals surface area contributed by atoms with Crippen molar-refractivity contribution in [1.82, 2.24) is 9.97 Å². The first-order chi connectivity index (χ1) is 8.39. The van der Waals surface area contributed by atoms with Crippen LogP contribution in [0.25, 0.3) is 10.6 Å². The van der Waals surface area contributed by atoms with Crippen molar-refractivity contribution >= 4 is 11.3 Å². The molecule has 0 radical (unpaired) electrons. The van der Waals surface area contributed by atoms with Crippen LogP contribution in [0.3, 0.4) is 0 Å². The lowest BCUT2D eigenvalue weighted by Crippen LogP contribution is -2.28. The molecule has 96 valence electrons. The van der Waals surface area contributed by atoms with Crippen molar-refractivity contribution in [2.45, 2.75) is 39.2 Å². The Hall–Kier alpha value is -1.26. The summed E-state index contributed by atoms with van der Waals surface area (Å²) in [6, 6.07) is 3.96. The summed E-state index contributed by atoms with van der Waals surface area (Å²) in [5.41, 5.74) is 8.11. The number of aromatic nitrogens is 2. The Labute approximate surface area is 112 Å². The number of hydrogen-bond donors (Lipinski definition) is 1. The van der Waals surface area contributed by atoms with E-state index in [1.165, 1.54) is 4.88 Å². The molecule has 0 spiro atoms. The van der Waals surface area contributed by atoms with Gasteiger partial charge in [-0.3, -0.25) is 4.98 Å². The molecule has 0 saturated heterocycles. The van der Waals surface area contributed by atoms with Gasteiger partial charge in [0.25, 0.3) is 0 Å². The van der Waals surface area contributed by atoms with E-state index in [0.717, 1.165) is 16.3 Å². The molecule has 0 aliphatic carbocycles. The van der Waals surface area contributed by atoms with Crippen molar-refractivity contribution in [1.29, 1.82) is 0 Å². The number of nitrogens with zero attached hydrogens (tertiary/aromatic N) is 2. The number of thiazole rings is 1. The van der Waals surface area contributed by atoms with E-state index in [4.69, 9.17) is 10.7 Å². The maximum atomic E-state index is 6.24. The van der Waals surface area contributed by atoms with Crippen molar-refractivity contribution in [3.63, 3.8) is 0 Å². The van der Waals surface area contributed by atoms with E-state index in [1.54, 1.807) is 23.7 Å². The lowest BCUT2D eigenvalue weighted by molar-refractivity contribution is 0.553. The van der Waals surface area contributed by atoms with Gasteiger partial charge in [0.05, 0.1) is 5.69 Å². The second kappa shape index (κ2) is 4.78. The van der Waals surface area contributed by atoms with Crippen LogP contribution in [-0.2, 0) is 5.54 Å². The highest BCUT2D eigenvalue weighted by Crippen LogP contribution is 2.36. The molecule has 4 heteroatoms. The van der Waals surface area contributed by atoms with Gasteiger partial charge in [-0.15, -0.1) is 11.3 Å². The summed E-state index contributed by atoms with van der Waals surface area (Å²) in [5, 5.41) is 1.02. The number of rotatable bonds is 3. The Bertz CT molecular complexity index is 524. The molecule has 3 nitrogen and oxygen atoms in total. The minimum Gasteiger partial charge on any atom is -0.321 e. The Morgan fingerprint density at radius 1 is 1.22 bits per heavy atom. The molecule has 0 unspecified atom stereocenters. The van der Waals surface area contributed by atoms with Gasteiger partial charge >= 0.3 is 0 Å². The highest BCUT2D eigenvalue weighted by atomic mass is 32.1. The first-order valence-electron chi connectivity index (χ1n) is 6.10. The molecule has 0 aliphatic rings. The first kappa shape index (κ1) is 13.2. The van der Waals surface area contributed by atoms with Crippen LogP contribution in [0, 0.1) is 0 Å². The van der Waals surface area contributed by atoms with Crippen LogP contribution in [0.5, 0.6) is 0 Å². The monoisotopic (exact) mass is 261 g/mol. The van der Waals surface area contributed by atoms with Gasteiger partial charge in [-0.1, -0.05) is 13.8 Å². The molecule has 2 N–H and O–H groups in total. The third kappa shape index (κ3) is 2.60. The zero-order valence-corrected chi connectivity index (χ0v) is 12.1. The van der Waals surface area contributed by atoms with Crippen LogP contribution in [-0.4, -0.2) is 9.97 Å². The lowest BCUT2D eigenvalue weighted by atomic mass is 9.98. The standard InChI is InChI=1S/C14H19N3S/c1-9(2)11-12(14(3,4)15)18-13(17-11)10-5-7-16-8-6-10/h5-9H,15H2,1-4H3. The summed E-state index contributed by atoms with van der Waals surface area (Å²) in [7, 11) is 0. The van der Waals surface area contributed by atoms with Gasteiger partial charge < -0.3 is 5.73 Å². The summed E-state index contributed by atoms with van der Waals surface area (Å²) in [6.07, 6.45) is 3.58. The topological polar surface area (TPSA) is 51.8 Å². The maximum absolute atomic E-state index is 6.24. The highest BCUT2D eigenvalue weighted by Gasteiger charge is 2.25. The van der Waals surface area contributed by atoms with Crippen LogP contribution in [0.1, 0.15) is 44.2 Å². The quantitative estimate of drug-likeness (QED) is 0.919. The molecular weight excluding hydrogens is 242 g/mol. The average molecular weight is 261 g/mol. The van der Waals surface area contributed by atoms with Crippen LogP contribution >= 0.6 is 11.3 Å². The summed E-state index contributed by atoms with van der Waals surface area (Å²) < 4.78 is 0. The van der Waals surface area contributed by atoms with Crippen molar-refractivity contribution in [3.05, 3.63) is 35.1 Å². The van der Waals surface area contributed by atoms with Gasteiger partial charge in [0.1, 0.15) is 5.01 Å². The Kier molecular flexibility index (Phi) is 3.50. The van der Waals surface area contributed by atoms with E-state index in [0.29, 0.717) is 5.92 Å². The van der Waals surface area contributed by atoms with Crippen molar-refractivity contribution < 1.29 is 0 Å². The van der Waals surface area contributed by atoms with Crippen molar-refractivity contribution in [3.8, 4) is 10.6 Å². The summed E-state index contributed by atoms with van der Waals surface area (Å²) >= 11 is 1.68. The number of nitrogens with two attached hydrogens (primary N) is 1. The van der Waals surface area contributed by atoms with E-state index in [9.17, 15) is 0 Å². The van der Waals surface area contributed by atoms with Crippen LogP contribution in [0.2, 0.25) is 0 Å². The molecule has 18 heavy (non-hydrogen) atoms. The van der Waals surface area contributed by atoms with Gasteiger partial charge in [-0.05, 0) is 31.9 Å². The molecule has 2 aromatic rings. The Balaban J connectivity index is 2.53.